The molecular weight excluding hydrogens is 294 g/mol. The molecular formula is C18H27NO2S. The molecule has 0 aliphatic heterocycles. The maximum absolute atomic E-state index is 12.0. The molecule has 0 aliphatic carbocycles. The summed E-state index contributed by atoms with van der Waals surface area (Å²) >= 11 is 0. The molecule has 0 radical (unpaired) electrons. The van der Waals surface area contributed by atoms with E-state index in [0.717, 1.165) is 38.5 Å². The van der Waals surface area contributed by atoms with Crippen LogP contribution >= 0.6 is 0 Å². The molecule has 122 valence electrons. The molecule has 4 heteroatoms. The Balaban J connectivity index is 2.15. The highest BCUT2D eigenvalue weighted by atomic mass is 32.2. The van der Waals surface area contributed by atoms with Gasteiger partial charge in [0.1, 0.15) is 0 Å². The van der Waals surface area contributed by atoms with Crippen molar-refractivity contribution in [2.24, 2.45) is 0 Å². The van der Waals surface area contributed by atoms with Crippen molar-refractivity contribution in [1.29, 1.82) is 5.26 Å². The first-order valence-electron chi connectivity index (χ1n) is 7.97. The van der Waals surface area contributed by atoms with E-state index in [2.05, 4.69) is 6.07 Å². The lowest BCUT2D eigenvalue weighted by Gasteiger charge is -2.18. The van der Waals surface area contributed by atoms with Crippen LogP contribution < -0.4 is 0 Å². The topological polar surface area (TPSA) is 57.9 Å². The fraction of sp³-hybridized carbons (Fsp3) is 0.611. The van der Waals surface area contributed by atoms with E-state index in [1.54, 1.807) is 20.8 Å². The van der Waals surface area contributed by atoms with Gasteiger partial charge in [0.25, 0.3) is 0 Å². The lowest BCUT2D eigenvalue weighted by atomic mass is 10.0. The summed E-state index contributed by atoms with van der Waals surface area (Å²) in [7, 11) is -2.97. The minimum Gasteiger partial charge on any atom is -0.228 e. The van der Waals surface area contributed by atoms with Crippen LogP contribution in [0.4, 0.5) is 0 Å². The maximum atomic E-state index is 12.0. The maximum Gasteiger partial charge on any atom is 0.155 e. The predicted molar refractivity (Wildman–Crippen MR) is 91.5 cm³/mol. The molecule has 0 fully saturated rings. The summed E-state index contributed by atoms with van der Waals surface area (Å²) in [6, 6.07) is 9.84. The highest BCUT2D eigenvalue weighted by Crippen LogP contribution is 2.18. The Morgan fingerprint density at radius 2 is 1.50 bits per heavy atom. The van der Waals surface area contributed by atoms with Crippen LogP contribution in [0.3, 0.4) is 0 Å². The van der Waals surface area contributed by atoms with Crippen molar-refractivity contribution >= 4 is 9.84 Å². The second kappa shape index (κ2) is 8.33. The molecule has 1 aromatic carbocycles. The first kappa shape index (κ1) is 18.7. The van der Waals surface area contributed by atoms with Gasteiger partial charge in [-0.05, 0) is 57.7 Å². The van der Waals surface area contributed by atoms with Crippen LogP contribution in [-0.2, 0) is 16.3 Å². The van der Waals surface area contributed by atoms with E-state index >= 15 is 0 Å². The number of nitrogens with zero attached hydrogens (tertiary/aromatic N) is 1. The Bertz CT molecular complexity index is 589. The Hall–Kier alpha value is -1.34. The second-order valence-electron chi connectivity index (χ2n) is 6.76. The summed E-state index contributed by atoms with van der Waals surface area (Å²) in [4.78, 5) is 0. The Morgan fingerprint density at radius 1 is 0.955 bits per heavy atom. The van der Waals surface area contributed by atoms with Gasteiger partial charge in [-0.2, -0.15) is 5.26 Å². The van der Waals surface area contributed by atoms with Crippen molar-refractivity contribution in [1.82, 2.24) is 0 Å². The molecule has 0 aromatic heterocycles. The summed E-state index contributed by atoms with van der Waals surface area (Å²) in [6.07, 6.45) is 6.06. The number of hydrogen-bond acceptors (Lipinski definition) is 3. The predicted octanol–water partition coefficient (Wildman–Crippen LogP) is 4.26. The summed E-state index contributed by atoms with van der Waals surface area (Å²) in [6.45, 7) is 5.29. The van der Waals surface area contributed by atoms with Crippen LogP contribution in [0.1, 0.15) is 64.0 Å². The first-order chi connectivity index (χ1) is 10.3. The van der Waals surface area contributed by atoms with Gasteiger partial charge in [0.2, 0.25) is 0 Å². The van der Waals surface area contributed by atoms with E-state index in [1.165, 1.54) is 5.56 Å². The SMILES string of the molecule is CC(C)(C)S(=O)(=O)CCCCCCCc1ccc(C#N)cc1. The molecule has 0 bridgehead atoms. The molecule has 0 heterocycles. The Labute approximate surface area is 135 Å². The zero-order valence-corrected chi connectivity index (χ0v) is 14.7. The van der Waals surface area contributed by atoms with Crippen molar-refractivity contribution in [3.63, 3.8) is 0 Å². The van der Waals surface area contributed by atoms with E-state index in [1.807, 2.05) is 24.3 Å². The van der Waals surface area contributed by atoms with Crippen molar-refractivity contribution in [3.05, 3.63) is 35.4 Å². The fourth-order valence-corrected chi connectivity index (χ4v) is 3.40. The van der Waals surface area contributed by atoms with Crippen molar-refractivity contribution in [2.75, 3.05) is 5.75 Å². The normalized spacial score (nSPS) is 12.1. The monoisotopic (exact) mass is 321 g/mol. The third kappa shape index (κ3) is 6.19. The van der Waals surface area contributed by atoms with Crippen molar-refractivity contribution in [3.8, 4) is 6.07 Å². The van der Waals surface area contributed by atoms with Crippen LogP contribution in [0.25, 0.3) is 0 Å². The van der Waals surface area contributed by atoms with Crippen LogP contribution in [0, 0.1) is 11.3 Å². The van der Waals surface area contributed by atoms with Gasteiger partial charge >= 0.3 is 0 Å². The molecule has 0 saturated heterocycles. The van der Waals surface area contributed by atoms with E-state index in [9.17, 15) is 8.42 Å². The minimum absolute atomic E-state index is 0.298. The number of hydrogen-bond donors (Lipinski definition) is 0. The van der Waals surface area contributed by atoms with Gasteiger partial charge < -0.3 is 0 Å². The van der Waals surface area contributed by atoms with E-state index in [4.69, 9.17) is 5.26 Å². The molecule has 0 N–H and O–H groups in total. The lowest BCUT2D eigenvalue weighted by molar-refractivity contribution is 0.552. The number of rotatable bonds is 8. The zero-order valence-electron chi connectivity index (χ0n) is 13.9. The van der Waals surface area contributed by atoms with Gasteiger partial charge in [0.05, 0.1) is 22.1 Å². The van der Waals surface area contributed by atoms with Crippen LogP contribution in [-0.4, -0.2) is 18.9 Å². The first-order valence-corrected chi connectivity index (χ1v) is 9.63. The quantitative estimate of drug-likeness (QED) is 0.672. The molecule has 1 aromatic rings. The van der Waals surface area contributed by atoms with Crippen LogP contribution in [0.2, 0.25) is 0 Å². The van der Waals surface area contributed by atoms with Gasteiger partial charge in [-0.15, -0.1) is 0 Å². The van der Waals surface area contributed by atoms with Gasteiger partial charge in [-0.1, -0.05) is 31.4 Å². The van der Waals surface area contributed by atoms with E-state index in [-0.39, 0.29) is 0 Å². The fourth-order valence-electron chi connectivity index (χ4n) is 2.20. The Morgan fingerprint density at radius 3 is 2.05 bits per heavy atom. The minimum atomic E-state index is -2.97. The number of aryl methyl sites for hydroxylation is 1. The zero-order chi connectivity index (χ0) is 16.6. The third-order valence-electron chi connectivity index (χ3n) is 3.89. The third-order valence-corrected chi connectivity index (χ3v) is 6.59. The molecule has 3 nitrogen and oxygen atoms in total. The summed E-state index contributed by atoms with van der Waals surface area (Å²) in [5.74, 6) is 0.298. The largest absolute Gasteiger partial charge is 0.228 e. The number of unbranched alkanes of at least 4 members (excludes halogenated alkanes) is 4. The van der Waals surface area contributed by atoms with Crippen LogP contribution in [0.5, 0.6) is 0 Å². The van der Waals surface area contributed by atoms with E-state index in [0.29, 0.717) is 11.3 Å². The van der Waals surface area contributed by atoms with E-state index < -0.39 is 14.6 Å². The molecule has 0 saturated carbocycles. The second-order valence-corrected chi connectivity index (χ2v) is 9.62. The van der Waals surface area contributed by atoms with Gasteiger partial charge in [0.15, 0.2) is 9.84 Å². The molecule has 0 atom stereocenters. The molecule has 1 rings (SSSR count). The molecule has 0 unspecified atom stereocenters. The molecule has 0 amide bonds. The van der Waals surface area contributed by atoms with Gasteiger partial charge in [0, 0.05) is 0 Å². The van der Waals surface area contributed by atoms with Crippen molar-refractivity contribution < 1.29 is 8.42 Å². The van der Waals surface area contributed by atoms with Crippen molar-refractivity contribution in [2.45, 2.75) is 64.0 Å². The molecule has 22 heavy (non-hydrogen) atoms. The average Bonchev–Trinajstić information content (AvgIpc) is 2.45. The highest BCUT2D eigenvalue weighted by molar-refractivity contribution is 7.92. The standard InChI is InChI=1S/C18H27NO2S/c1-18(2,3)22(20,21)14-8-6-4-5-7-9-16-10-12-17(15-19)13-11-16/h10-13H,4-9,14H2,1-3H3. The van der Waals surface area contributed by atoms with Crippen LogP contribution in [0.15, 0.2) is 24.3 Å². The lowest BCUT2D eigenvalue weighted by Crippen LogP contribution is -2.30. The number of nitriles is 1. The average molecular weight is 321 g/mol. The smallest absolute Gasteiger partial charge is 0.155 e. The molecule has 0 spiro atoms. The summed E-state index contributed by atoms with van der Waals surface area (Å²) in [5.41, 5.74) is 1.96. The Kier molecular flexibility index (Phi) is 7.09. The van der Waals surface area contributed by atoms with Gasteiger partial charge in [-0.3, -0.25) is 0 Å². The summed E-state index contributed by atoms with van der Waals surface area (Å²) < 4.78 is 23.3. The summed E-state index contributed by atoms with van der Waals surface area (Å²) in [5, 5.41) is 8.74. The molecule has 0 aliphatic rings. The van der Waals surface area contributed by atoms with Gasteiger partial charge in [-0.25, -0.2) is 8.42 Å². The number of benzene rings is 1. The highest BCUT2D eigenvalue weighted by Gasteiger charge is 2.27. The number of sulfone groups is 1.